The van der Waals surface area contributed by atoms with Gasteiger partial charge in [0.1, 0.15) is 5.02 Å². The van der Waals surface area contributed by atoms with Crippen molar-refractivity contribution in [2.24, 2.45) is 0 Å². The van der Waals surface area contributed by atoms with E-state index < -0.39 is 10.5 Å². The smallest absolute Gasteiger partial charge is 0.288 e. The number of nitrogens with one attached hydrogen (secondary N) is 1. The predicted octanol–water partition coefficient (Wildman–Crippen LogP) is 1.08. The van der Waals surface area contributed by atoms with Gasteiger partial charge >= 0.3 is 0 Å². The molecule has 100 valence electrons. The number of aliphatic hydroxyl groups is 2. The number of nitrogens with zero attached hydrogens (tertiary/aromatic N) is 1. The van der Waals surface area contributed by atoms with Crippen LogP contribution in [0.15, 0.2) is 18.2 Å². The van der Waals surface area contributed by atoms with Gasteiger partial charge in [-0.2, -0.15) is 0 Å². The summed E-state index contributed by atoms with van der Waals surface area (Å²) in [5, 5.41) is 31.9. The summed E-state index contributed by atoms with van der Waals surface area (Å²) >= 11 is 5.69. The van der Waals surface area contributed by atoms with E-state index in [0.29, 0.717) is 5.56 Å². The average Bonchev–Trinajstić information content (AvgIpc) is 2.37. The molecule has 0 aliphatic heterocycles. The van der Waals surface area contributed by atoms with Crippen LogP contribution in [0.3, 0.4) is 0 Å². The average molecular weight is 275 g/mol. The number of hydrogen-bond acceptors (Lipinski definition) is 5. The molecule has 1 aromatic rings. The fourth-order valence-corrected chi connectivity index (χ4v) is 1.47. The fourth-order valence-electron chi connectivity index (χ4n) is 1.29. The molecule has 1 aromatic carbocycles. The number of nitro benzene ring substituents is 1. The topological polar surface area (TPSA) is 95.6 Å². The number of rotatable bonds is 6. The van der Waals surface area contributed by atoms with E-state index in [0.717, 1.165) is 0 Å². The van der Waals surface area contributed by atoms with Gasteiger partial charge in [-0.1, -0.05) is 17.7 Å². The van der Waals surface area contributed by atoms with Crippen LogP contribution in [0.1, 0.15) is 12.5 Å². The van der Waals surface area contributed by atoms with Gasteiger partial charge in [0.25, 0.3) is 5.69 Å². The second-order valence-corrected chi connectivity index (χ2v) is 4.68. The summed E-state index contributed by atoms with van der Waals surface area (Å²) in [6, 6.07) is 4.47. The van der Waals surface area contributed by atoms with E-state index in [4.69, 9.17) is 21.8 Å². The summed E-state index contributed by atoms with van der Waals surface area (Å²) in [7, 11) is 0. The molecular weight excluding hydrogens is 260 g/mol. The third kappa shape index (κ3) is 3.64. The van der Waals surface area contributed by atoms with E-state index in [9.17, 15) is 10.1 Å². The highest BCUT2D eigenvalue weighted by molar-refractivity contribution is 6.32. The van der Waals surface area contributed by atoms with Crippen molar-refractivity contribution >= 4 is 17.3 Å². The maximum absolute atomic E-state index is 10.7. The van der Waals surface area contributed by atoms with Crippen LogP contribution in [0.25, 0.3) is 0 Å². The van der Waals surface area contributed by atoms with Crippen molar-refractivity contribution in [3.05, 3.63) is 38.9 Å². The van der Waals surface area contributed by atoms with E-state index in [2.05, 4.69) is 5.32 Å². The summed E-state index contributed by atoms with van der Waals surface area (Å²) in [5.41, 5.74) is -0.334. The summed E-state index contributed by atoms with van der Waals surface area (Å²) in [5.74, 6) is 0. The van der Waals surface area contributed by atoms with Gasteiger partial charge in [0.05, 0.1) is 23.7 Å². The van der Waals surface area contributed by atoms with Gasteiger partial charge in [0, 0.05) is 12.6 Å². The third-order valence-corrected chi connectivity index (χ3v) is 2.94. The zero-order chi connectivity index (χ0) is 13.8. The van der Waals surface area contributed by atoms with E-state index in [-0.39, 0.29) is 30.5 Å². The van der Waals surface area contributed by atoms with Crippen LogP contribution in [0.5, 0.6) is 0 Å². The lowest BCUT2D eigenvalue weighted by Gasteiger charge is -2.26. The van der Waals surface area contributed by atoms with Gasteiger partial charge in [0.2, 0.25) is 0 Å². The van der Waals surface area contributed by atoms with E-state index in [1.165, 1.54) is 12.1 Å². The Morgan fingerprint density at radius 2 is 2.06 bits per heavy atom. The molecule has 18 heavy (non-hydrogen) atoms. The van der Waals surface area contributed by atoms with Crippen molar-refractivity contribution < 1.29 is 15.1 Å². The first-order valence-electron chi connectivity index (χ1n) is 5.31. The van der Waals surface area contributed by atoms with Gasteiger partial charge in [-0.3, -0.25) is 10.1 Å². The summed E-state index contributed by atoms with van der Waals surface area (Å²) in [6.45, 7) is 1.46. The lowest BCUT2D eigenvalue weighted by molar-refractivity contribution is -0.384. The highest BCUT2D eigenvalue weighted by Crippen LogP contribution is 2.25. The van der Waals surface area contributed by atoms with Gasteiger partial charge in [-0.15, -0.1) is 0 Å². The molecule has 0 heterocycles. The van der Waals surface area contributed by atoms with Crippen LogP contribution in [-0.2, 0) is 6.54 Å². The van der Waals surface area contributed by atoms with Gasteiger partial charge in [-0.05, 0) is 18.6 Å². The molecule has 0 unspecified atom stereocenters. The molecule has 0 aliphatic carbocycles. The van der Waals surface area contributed by atoms with E-state index in [1.807, 2.05) is 0 Å². The maximum atomic E-state index is 10.7. The number of benzene rings is 1. The van der Waals surface area contributed by atoms with Crippen LogP contribution in [0, 0.1) is 10.1 Å². The van der Waals surface area contributed by atoms with Crippen LogP contribution in [0.2, 0.25) is 5.02 Å². The van der Waals surface area contributed by atoms with E-state index >= 15 is 0 Å². The molecule has 0 saturated heterocycles. The Morgan fingerprint density at radius 1 is 1.44 bits per heavy atom. The number of hydrogen-bond donors (Lipinski definition) is 3. The molecular formula is C11H15ClN2O4. The SMILES string of the molecule is CC(CO)(CO)NCc1ccc(Cl)c([N+](=O)[O-])c1. The number of aliphatic hydroxyl groups excluding tert-OH is 2. The first-order chi connectivity index (χ1) is 8.41. The molecule has 3 N–H and O–H groups in total. The van der Waals surface area contributed by atoms with Crippen molar-refractivity contribution in [3.63, 3.8) is 0 Å². The number of halogens is 1. The molecule has 0 saturated carbocycles. The second-order valence-electron chi connectivity index (χ2n) is 4.27. The van der Waals surface area contributed by atoms with Crippen LogP contribution < -0.4 is 5.32 Å². The van der Waals surface area contributed by atoms with Gasteiger partial charge in [0.15, 0.2) is 0 Å². The van der Waals surface area contributed by atoms with Crippen LogP contribution >= 0.6 is 11.6 Å². The molecule has 0 aliphatic rings. The van der Waals surface area contributed by atoms with Gasteiger partial charge < -0.3 is 15.5 Å². The maximum Gasteiger partial charge on any atom is 0.288 e. The Labute approximate surface area is 109 Å². The summed E-state index contributed by atoms with van der Waals surface area (Å²) in [4.78, 5) is 10.2. The highest BCUT2D eigenvalue weighted by atomic mass is 35.5. The molecule has 7 heteroatoms. The van der Waals surface area contributed by atoms with Crippen molar-refractivity contribution in [1.29, 1.82) is 0 Å². The lowest BCUT2D eigenvalue weighted by Crippen LogP contribution is -2.48. The quantitative estimate of drug-likeness (QED) is 0.533. The summed E-state index contributed by atoms with van der Waals surface area (Å²) < 4.78 is 0. The Bertz CT molecular complexity index is 435. The molecule has 0 amide bonds. The Hall–Kier alpha value is -1.21. The third-order valence-electron chi connectivity index (χ3n) is 2.62. The van der Waals surface area contributed by atoms with Crippen molar-refractivity contribution in [2.45, 2.75) is 19.0 Å². The molecule has 0 fully saturated rings. The standard InChI is InChI=1S/C11H15ClN2O4/c1-11(6-15,7-16)13-5-8-2-3-9(12)10(4-8)14(17)18/h2-4,13,15-16H,5-7H2,1H3. The van der Waals surface area contributed by atoms with E-state index in [1.54, 1.807) is 13.0 Å². The normalized spacial score (nSPS) is 11.6. The van der Waals surface area contributed by atoms with Gasteiger partial charge in [-0.25, -0.2) is 0 Å². The minimum Gasteiger partial charge on any atom is -0.394 e. The van der Waals surface area contributed by atoms with Crippen LogP contribution in [0.4, 0.5) is 5.69 Å². The Balaban J connectivity index is 2.80. The first kappa shape index (κ1) is 14.8. The lowest BCUT2D eigenvalue weighted by atomic mass is 10.0. The largest absolute Gasteiger partial charge is 0.394 e. The fraction of sp³-hybridized carbons (Fsp3) is 0.455. The zero-order valence-corrected chi connectivity index (χ0v) is 10.6. The second kappa shape index (κ2) is 6.10. The first-order valence-corrected chi connectivity index (χ1v) is 5.69. The number of nitro groups is 1. The minimum absolute atomic E-state index is 0.0795. The molecule has 0 atom stereocenters. The molecule has 0 radical (unpaired) electrons. The summed E-state index contributed by atoms with van der Waals surface area (Å²) in [6.07, 6.45) is 0. The monoisotopic (exact) mass is 274 g/mol. The van der Waals surface area contributed by atoms with Crippen molar-refractivity contribution in [3.8, 4) is 0 Å². The minimum atomic E-state index is -0.825. The molecule has 0 aromatic heterocycles. The predicted molar refractivity (Wildman–Crippen MR) is 67.5 cm³/mol. The zero-order valence-electron chi connectivity index (χ0n) is 9.89. The van der Waals surface area contributed by atoms with Crippen molar-refractivity contribution in [1.82, 2.24) is 5.32 Å². The Kier molecular flexibility index (Phi) is 5.03. The van der Waals surface area contributed by atoms with Crippen LogP contribution in [-0.4, -0.2) is 33.9 Å². The highest BCUT2D eigenvalue weighted by Gasteiger charge is 2.21. The molecule has 0 spiro atoms. The van der Waals surface area contributed by atoms with Crippen molar-refractivity contribution in [2.75, 3.05) is 13.2 Å². The molecule has 6 nitrogen and oxygen atoms in total. The molecule has 1 rings (SSSR count). The Morgan fingerprint density at radius 3 is 2.56 bits per heavy atom. The molecule has 0 bridgehead atoms.